The molecule has 5 rings (SSSR count). The van der Waals surface area contributed by atoms with E-state index in [1.165, 1.54) is 16.9 Å². The van der Waals surface area contributed by atoms with Gasteiger partial charge in [0.1, 0.15) is 0 Å². The van der Waals surface area contributed by atoms with Gasteiger partial charge in [0, 0.05) is 30.6 Å². The minimum Gasteiger partial charge on any atom is -0.308 e. The molecule has 1 aliphatic heterocycles. The molecule has 0 aliphatic carbocycles. The second-order valence-corrected chi connectivity index (χ2v) is 8.94. The van der Waals surface area contributed by atoms with Gasteiger partial charge in [-0.25, -0.2) is 4.98 Å². The van der Waals surface area contributed by atoms with E-state index >= 15 is 0 Å². The third kappa shape index (κ3) is 4.61. The number of fused-ring (bicyclic) bond motifs is 1. The van der Waals surface area contributed by atoms with Crippen LogP contribution in [-0.4, -0.2) is 33.4 Å². The number of hydrogen-bond acceptors (Lipinski definition) is 5. The van der Waals surface area contributed by atoms with Crippen molar-refractivity contribution < 1.29 is 0 Å². The molecule has 0 amide bonds. The van der Waals surface area contributed by atoms with Crippen LogP contribution in [-0.2, 0) is 13.1 Å². The summed E-state index contributed by atoms with van der Waals surface area (Å²) in [5, 5.41) is 5.63. The minimum atomic E-state index is -0.0143. The molecule has 5 nitrogen and oxygen atoms in total. The molecule has 2 aromatic carbocycles. The fraction of sp³-hybridized carbons (Fsp3) is 0.280. The third-order valence-electron chi connectivity index (χ3n) is 5.94. The van der Waals surface area contributed by atoms with E-state index in [4.69, 9.17) is 4.98 Å². The van der Waals surface area contributed by atoms with E-state index in [-0.39, 0.29) is 5.56 Å². The first-order valence-electron chi connectivity index (χ1n) is 10.8. The van der Waals surface area contributed by atoms with E-state index in [1.54, 1.807) is 10.5 Å². The normalized spacial score (nSPS) is 15.5. The molecule has 3 heterocycles. The highest BCUT2D eigenvalue weighted by Gasteiger charge is 2.19. The fourth-order valence-electron chi connectivity index (χ4n) is 4.25. The first kappa shape index (κ1) is 20.1. The van der Waals surface area contributed by atoms with Gasteiger partial charge in [0.25, 0.3) is 5.56 Å². The van der Waals surface area contributed by atoms with Crippen molar-refractivity contribution in [2.24, 2.45) is 0 Å². The van der Waals surface area contributed by atoms with Gasteiger partial charge in [-0.2, -0.15) is 0 Å². The summed E-state index contributed by atoms with van der Waals surface area (Å²) < 4.78 is 1.71. The molecule has 0 atom stereocenters. The molecule has 1 aliphatic rings. The van der Waals surface area contributed by atoms with Gasteiger partial charge in [0.2, 0.25) is 0 Å². The van der Waals surface area contributed by atoms with Crippen LogP contribution in [0.2, 0.25) is 0 Å². The van der Waals surface area contributed by atoms with Crippen LogP contribution in [0.5, 0.6) is 0 Å². The molecule has 2 aromatic heterocycles. The predicted molar refractivity (Wildman–Crippen MR) is 126 cm³/mol. The quantitative estimate of drug-likeness (QED) is 0.499. The maximum atomic E-state index is 12.8. The Labute approximate surface area is 186 Å². The van der Waals surface area contributed by atoms with Gasteiger partial charge in [-0.15, -0.1) is 11.3 Å². The molecule has 1 fully saturated rings. The standard InChI is InChI=1S/C25H26N4OS/c30-24-15-22(27-25-29(24)23(18-31-25)20-9-5-2-6-10-20)16-26-21-11-13-28(14-12-21)17-19-7-3-1-4-8-19/h1-10,15,18,21,26H,11-14,16-17H2. The lowest BCUT2D eigenvalue weighted by molar-refractivity contribution is 0.190. The smallest absolute Gasteiger partial charge is 0.259 e. The van der Waals surface area contributed by atoms with E-state index < -0.39 is 0 Å². The number of rotatable bonds is 6. The third-order valence-corrected chi connectivity index (χ3v) is 6.76. The molecule has 0 saturated carbocycles. The van der Waals surface area contributed by atoms with Crippen molar-refractivity contribution in [3.8, 4) is 11.3 Å². The van der Waals surface area contributed by atoms with Crippen molar-refractivity contribution in [1.29, 1.82) is 0 Å². The van der Waals surface area contributed by atoms with Crippen molar-refractivity contribution in [3.63, 3.8) is 0 Å². The Morgan fingerprint density at radius 2 is 1.71 bits per heavy atom. The van der Waals surface area contributed by atoms with Crippen molar-refractivity contribution in [2.45, 2.75) is 32.0 Å². The van der Waals surface area contributed by atoms with Crippen LogP contribution in [0.25, 0.3) is 16.2 Å². The Balaban J connectivity index is 1.20. The molecule has 31 heavy (non-hydrogen) atoms. The molecule has 0 bridgehead atoms. The summed E-state index contributed by atoms with van der Waals surface area (Å²) in [4.78, 5) is 20.8. The molecule has 6 heteroatoms. The summed E-state index contributed by atoms with van der Waals surface area (Å²) in [7, 11) is 0. The van der Waals surface area contributed by atoms with Gasteiger partial charge in [-0.3, -0.25) is 14.1 Å². The lowest BCUT2D eigenvalue weighted by Gasteiger charge is -2.32. The summed E-state index contributed by atoms with van der Waals surface area (Å²) in [5.74, 6) is 0. The number of benzene rings is 2. The minimum absolute atomic E-state index is 0.0143. The number of hydrogen-bond donors (Lipinski definition) is 1. The number of aromatic nitrogens is 2. The molecule has 0 radical (unpaired) electrons. The van der Waals surface area contributed by atoms with Crippen LogP contribution < -0.4 is 10.9 Å². The molecule has 1 saturated heterocycles. The Kier molecular flexibility index (Phi) is 5.93. The van der Waals surface area contributed by atoms with E-state index in [1.807, 2.05) is 35.7 Å². The molecule has 0 unspecified atom stereocenters. The van der Waals surface area contributed by atoms with Gasteiger partial charge in [-0.1, -0.05) is 60.7 Å². The Morgan fingerprint density at radius 3 is 2.45 bits per heavy atom. The predicted octanol–water partition coefficient (Wildman–Crippen LogP) is 4.18. The van der Waals surface area contributed by atoms with Crippen LogP contribution in [0.1, 0.15) is 24.1 Å². The van der Waals surface area contributed by atoms with Crippen LogP contribution in [0, 0.1) is 0 Å². The topological polar surface area (TPSA) is 49.6 Å². The Bertz CT molecular complexity index is 1190. The number of nitrogens with one attached hydrogen (secondary N) is 1. The largest absolute Gasteiger partial charge is 0.308 e. The van der Waals surface area contributed by atoms with Crippen molar-refractivity contribution in [3.05, 3.63) is 93.7 Å². The van der Waals surface area contributed by atoms with Gasteiger partial charge in [0.05, 0.1) is 11.4 Å². The van der Waals surface area contributed by atoms with Gasteiger partial charge in [0.15, 0.2) is 4.96 Å². The summed E-state index contributed by atoms with van der Waals surface area (Å²) in [6, 6.07) is 22.8. The highest BCUT2D eigenvalue weighted by molar-refractivity contribution is 7.15. The Morgan fingerprint density at radius 1 is 1.00 bits per heavy atom. The molecule has 4 aromatic rings. The first-order valence-corrected chi connectivity index (χ1v) is 11.7. The fourth-order valence-corrected chi connectivity index (χ4v) is 5.17. The Hall–Kier alpha value is -2.80. The van der Waals surface area contributed by atoms with Crippen LogP contribution in [0.4, 0.5) is 0 Å². The maximum absolute atomic E-state index is 12.8. The van der Waals surface area contributed by atoms with Crippen LogP contribution in [0.3, 0.4) is 0 Å². The average molecular weight is 431 g/mol. The summed E-state index contributed by atoms with van der Waals surface area (Å²) in [6.07, 6.45) is 2.23. The van der Waals surface area contributed by atoms with Crippen LogP contribution in [0.15, 0.2) is 76.9 Å². The van der Waals surface area contributed by atoms with E-state index in [0.717, 1.165) is 54.4 Å². The SMILES string of the molecule is O=c1cc(CNC2CCN(Cc3ccccc3)CC2)nc2scc(-c3ccccc3)n12. The number of thiazole rings is 1. The maximum Gasteiger partial charge on any atom is 0.259 e. The summed E-state index contributed by atoms with van der Waals surface area (Å²) >= 11 is 1.52. The number of piperidine rings is 1. The van der Waals surface area contributed by atoms with Gasteiger partial charge in [-0.05, 0) is 37.1 Å². The zero-order valence-electron chi connectivity index (χ0n) is 17.4. The molecule has 1 N–H and O–H groups in total. The highest BCUT2D eigenvalue weighted by Crippen LogP contribution is 2.23. The zero-order valence-corrected chi connectivity index (χ0v) is 18.2. The van der Waals surface area contributed by atoms with E-state index in [2.05, 4.69) is 40.5 Å². The van der Waals surface area contributed by atoms with Crippen molar-refractivity contribution in [2.75, 3.05) is 13.1 Å². The van der Waals surface area contributed by atoms with Gasteiger partial charge >= 0.3 is 0 Å². The van der Waals surface area contributed by atoms with Gasteiger partial charge < -0.3 is 5.32 Å². The average Bonchev–Trinajstić information content (AvgIpc) is 3.25. The summed E-state index contributed by atoms with van der Waals surface area (Å²) in [5.41, 5.74) is 4.12. The zero-order chi connectivity index (χ0) is 21.0. The lowest BCUT2D eigenvalue weighted by atomic mass is 10.0. The van der Waals surface area contributed by atoms with Crippen molar-refractivity contribution >= 4 is 16.3 Å². The second-order valence-electron chi connectivity index (χ2n) is 8.11. The van der Waals surface area contributed by atoms with E-state index in [9.17, 15) is 4.79 Å². The summed E-state index contributed by atoms with van der Waals surface area (Å²) in [6.45, 7) is 3.83. The number of nitrogens with zero attached hydrogens (tertiary/aromatic N) is 3. The monoisotopic (exact) mass is 430 g/mol. The second kappa shape index (κ2) is 9.14. The van der Waals surface area contributed by atoms with E-state index in [0.29, 0.717) is 12.6 Å². The van der Waals surface area contributed by atoms with Crippen LogP contribution >= 0.6 is 11.3 Å². The lowest BCUT2D eigenvalue weighted by Crippen LogP contribution is -2.42. The highest BCUT2D eigenvalue weighted by atomic mass is 32.1. The molecule has 0 spiro atoms. The first-order chi connectivity index (χ1) is 15.3. The van der Waals surface area contributed by atoms with Crippen molar-refractivity contribution in [1.82, 2.24) is 19.6 Å². The number of likely N-dealkylation sites (tertiary alicyclic amines) is 1. The molecule has 158 valence electrons. The molecular formula is C25H26N4OS. The molecular weight excluding hydrogens is 404 g/mol.